The summed E-state index contributed by atoms with van der Waals surface area (Å²) in [5.41, 5.74) is 6.27. The van der Waals surface area contributed by atoms with Crippen LogP contribution in [0.25, 0.3) is 22.4 Å². The highest BCUT2D eigenvalue weighted by molar-refractivity contribution is 5.95. The van der Waals surface area contributed by atoms with Crippen molar-refractivity contribution in [2.24, 2.45) is 0 Å². The van der Waals surface area contributed by atoms with Gasteiger partial charge in [0.05, 0.1) is 12.7 Å². The van der Waals surface area contributed by atoms with E-state index in [9.17, 15) is 4.79 Å². The number of aromatic amines is 1. The molecule has 2 aliphatic carbocycles. The van der Waals surface area contributed by atoms with E-state index in [0.717, 1.165) is 46.4 Å². The van der Waals surface area contributed by atoms with E-state index >= 15 is 0 Å². The first-order valence-electron chi connectivity index (χ1n) is 10.6. The molecule has 2 aromatic carbocycles. The van der Waals surface area contributed by atoms with Gasteiger partial charge < -0.3 is 9.73 Å². The first-order valence-corrected chi connectivity index (χ1v) is 10.6. The van der Waals surface area contributed by atoms with Crippen LogP contribution in [0.5, 0.6) is 0 Å². The number of aromatic nitrogens is 3. The van der Waals surface area contributed by atoms with Gasteiger partial charge in [0.2, 0.25) is 5.91 Å². The zero-order chi connectivity index (χ0) is 20.1. The zero-order valence-corrected chi connectivity index (χ0v) is 16.6. The molecule has 30 heavy (non-hydrogen) atoms. The van der Waals surface area contributed by atoms with Gasteiger partial charge in [-0.3, -0.25) is 9.89 Å². The van der Waals surface area contributed by atoms with Crippen LogP contribution in [0.2, 0.25) is 0 Å². The molecular weight excluding hydrogens is 376 g/mol. The molecule has 1 amide bonds. The maximum Gasteiger partial charge on any atom is 0.228 e. The van der Waals surface area contributed by atoms with Crippen LogP contribution in [0, 0.1) is 0 Å². The molecule has 2 heterocycles. The molecule has 0 unspecified atom stereocenters. The number of aryl methyl sites for hydroxylation is 2. The molecule has 6 nitrogen and oxygen atoms in total. The highest BCUT2D eigenvalue weighted by Crippen LogP contribution is 2.38. The monoisotopic (exact) mass is 398 g/mol. The minimum absolute atomic E-state index is 0.0557. The van der Waals surface area contributed by atoms with E-state index in [-0.39, 0.29) is 5.91 Å². The predicted molar refractivity (Wildman–Crippen MR) is 114 cm³/mol. The fraction of sp³-hybridized carbons (Fsp3) is 0.292. The second-order valence-corrected chi connectivity index (χ2v) is 8.35. The lowest BCUT2D eigenvalue weighted by molar-refractivity contribution is -0.115. The zero-order valence-electron chi connectivity index (χ0n) is 16.6. The van der Waals surface area contributed by atoms with E-state index in [2.05, 4.69) is 32.6 Å². The third kappa shape index (κ3) is 3.18. The van der Waals surface area contributed by atoms with Gasteiger partial charge in [-0.25, -0.2) is 4.98 Å². The highest BCUT2D eigenvalue weighted by Gasteiger charge is 2.27. The summed E-state index contributed by atoms with van der Waals surface area (Å²) >= 11 is 0. The van der Waals surface area contributed by atoms with Crippen LogP contribution in [0.3, 0.4) is 0 Å². The summed E-state index contributed by atoms with van der Waals surface area (Å²) < 4.78 is 5.72. The first-order chi connectivity index (χ1) is 14.7. The molecule has 0 saturated heterocycles. The lowest BCUT2D eigenvalue weighted by Crippen LogP contribution is -2.14. The fourth-order valence-corrected chi connectivity index (χ4v) is 4.31. The quantitative estimate of drug-likeness (QED) is 0.507. The van der Waals surface area contributed by atoms with Gasteiger partial charge in [0, 0.05) is 28.1 Å². The van der Waals surface area contributed by atoms with Gasteiger partial charge in [0.1, 0.15) is 11.4 Å². The molecule has 4 aromatic rings. The van der Waals surface area contributed by atoms with Gasteiger partial charge in [-0.15, -0.1) is 0 Å². The Hall–Kier alpha value is -3.41. The molecule has 2 N–H and O–H groups in total. The van der Waals surface area contributed by atoms with Crippen LogP contribution in [-0.4, -0.2) is 21.1 Å². The molecule has 0 aliphatic heterocycles. The number of anilines is 1. The van der Waals surface area contributed by atoms with Crippen LogP contribution in [0.4, 0.5) is 5.69 Å². The number of hydrogen-bond acceptors (Lipinski definition) is 4. The topological polar surface area (TPSA) is 83.8 Å². The van der Waals surface area contributed by atoms with Crippen LogP contribution in [0.15, 0.2) is 47.1 Å². The van der Waals surface area contributed by atoms with E-state index in [4.69, 9.17) is 4.42 Å². The molecule has 6 rings (SSSR count). The molecule has 1 fully saturated rings. The van der Waals surface area contributed by atoms with Gasteiger partial charge in [-0.2, -0.15) is 5.10 Å². The van der Waals surface area contributed by atoms with E-state index in [1.165, 1.54) is 30.4 Å². The predicted octanol–water partition coefficient (Wildman–Crippen LogP) is 4.77. The summed E-state index contributed by atoms with van der Waals surface area (Å²) in [4.78, 5) is 17.2. The number of nitrogens with one attached hydrogen (secondary N) is 2. The largest absolute Gasteiger partial charge is 0.464 e. The Morgan fingerprint density at radius 2 is 1.93 bits per heavy atom. The number of benzene rings is 2. The van der Waals surface area contributed by atoms with Crippen molar-refractivity contribution in [3.63, 3.8) is 0 Å². The minimum Gasteiger partial charge on any atom is -0.464 e. The maximum absolute atomic E-state index is 12.6. The van der Waals surface area contributed by atoms with Gasteiger partial charge in [0.25, 0.3) is 0 Å². The Morgan fingerprint density at radius 3 is 2.73 bits per heavy atom. The van der Waals surface area contributed by atoms with E-state index in [0.29, 0.717) is 18.2 Å². The van der Waals surface area contributed by atoms with Crippen molar-refractivity contribution in [1.82, 2.24) is 15.2 Å². The van der Waals surface area contributed by atoms with Crippen molar-refractivity contribution in [2.45, 2.75) is 44.4 Å². The van der Waals surface area contributed by atoms with Crippen molar-refractivity contribution in [3.8, 4) is 11.4 Å². The lowest BCUT2D eigenvalue weighted by Gasteiger charge is -2.06. The van der Waals surface area contributed by atoms with Crippen LogP contribution in [0.1, 0.15) is 47.7 Å². The van der Waals surface area contributed by atoms with Gasteiger partial charge in [-0.1, -0.05) is 0 Å². The molecule has 6 heteroatoms. The van der Waals surface area contributed by atoms with Crippen molar-refractivity contribution in [1.29, 1.82) is 0 Å². The number of carbonyl (C=O) groups is 1. The molecule has 1 saturated carbocycles. The standard InChI is InChI=1S/C24H22N4O2/c29-22(12-18-13-30-21-11-17-3-1-2-16(17)10-20(18)21)25-19-8-6-15(7-9-19)24-26-23(27-28-24)14-4-5-14/h6-11,13-14H,1-5,12H2,(H,25,29)(H,26,27,28). The number of amides is 1. The third-order valence-electron chi connectivity index (χ3n) is 6.11. The SMILES string of the molecule is O=C(Cc1coc2cc3c(cc12)CCC3)Nc1ccc(-c2n[nH]c(C3CC3)n2)cc1. The Kier molecular flexibility index (Phi) is 3.97. The summed E-state index contributed by atoms with van der Waals surface area (Å²) in [7, 11) is 0. The number of nitrogens with zero attached hydrogens (tertiary/aromatic N) is 2. The minimum atomic E-state index is -0.0557. The summed E-state index contributed by atoms with van der Waals surface area (Å²) in [6, 6.07) is 12.0. The summed E-state index contributed by atoms with van der Waals surface area (Å²) in [5, 5.41) is 11.4. The van der Waals surface area contributed by atoms with Crippen molar-refractivity contribution >= 4 is 22.6 Å². The summed E-state index contributed by atoms with van der Waals surface area (Å²) in [6.45, 7) is 0. The van der Waals surface area contributed by atoms with Crippen molar-refractivity contribution in [3.05, 3.63) is 65.2 Å². The second kappa shape index (κ2) is 6.83. The van der Waals surface area contributed by atoms with E-state index < -0.39 is 0 Å². The number of rotatable bonds is 5. The fourth-order valence-electron chi connectivity index (χ4n) is 4.31. The Bertz CT molecular complexity index is 1250. The Morgan fingerprint density at radius 1 is 1.13 bits per heavy atom. The number of hydrogen-bond donors (Lipinski definition) is 2. The smallest absolute Gasteiger partial charge is 0.228 e. The normalized spacial score (nSPS) is 15.5. The molecule has 0 atom stereocenters. The van der Waals surface area contributed by atoms with Gasteiger partial charge in [0.15, 0.2) is 5.82 Å². The van der Waals surface area contributed by atoms with Crippen LogP contribution in [-0.2, 0) is 24.1 Å². The van der Waals surface area contributed by atoms with Gasteiger partial charge >= 0.3 is 0 Å². The molecular formula is C24H22N4O2. The summed E-state index contributed by atoms with van der Waals surface area (Å²) in [6.07, 6.45) is 7.81. The third-order valence-corrected chi connectivity index (χ3v) is 6.11. The number of carbonyl (C=O) groups excluding carboxylic acids is 1. The lowest BCUT2D eigenvalue weighted by atomic mass is 10.0. The first kappa shape index (κ1) is 17.4. The molecule has 2 aromatic heterocycles. The van der Waals surface area contributed by atoms with E-state index in [1.807, 2.05) is 24.3 Å². The van der Waals surface area contributed by atoms with Gasteiger partial charge in [-0.05, 0) is 79.6 Å². The summed E-state index contributed by atoms with van der Waals surface area (Å²) in [5.74, 6) is 2.16. The molecule has 0 radical (unpaired) electrons. The number of fused-ring (bicyclic) bond motifs is 2. The molecule has 0 spiro atoms. The highest BCUT2D eigenvalue weighted by atomic mass is 16.3. The maximum atomic E-state index is 12.6. The molecule has 0 bridgehead atoms. The molecule has 150 valence electrons. The number of H-pyrrole nitrogens is 1. The average Bonchev–Trinajstić information content (AvgIpc) is 3.14. The van der Waals surface area contributed by atoms with Crippen molar-refractivity contribution in [2.75, 3.05) is 5.32 Å². The van der Waals surface area contributed by atoms with Crippen LogP contribution >= 0.6 is 0 Å². The van der Waals surface area contributed by atoms with Crippen LogP contribution < -0.4 is 5.32 Å². The second-order valence-electron chi connectivity index (χ2n) is 8.35. The number of furan rings is 1. The molecule has 2 aliphatic rings. The van der Waals surface area contributed by atoms with Crippen molar-refractivity contribution < 1.29 is 9.21 Å². The Labute approximate surface area is 173 Å². The Balaban J connectivity index is 1.15. The average molecular weight is 398 g/mol. The van der Waals surface area contributed by atoms with E-state index in [1.54, 1.807) is 6.26 Å².